The number of amides is 1. The van der Waals surface area contributed by atoms with Gasteiger partial charge in [-0.1, -0.05) is 66.7 Å². The maximum Gasteiger partial charge on any atom is 0.240 e. The summed E-state index contributed by atoms with van der Waals surface area (Å²) in [6, 6.07) is 27.5. The van der Waals surface area contributed by atoms with E-state index in [0.717, 1.165) is 16.7 Å². The summed E-state index contributed by atoms with van der Waals surface area (Å²) in [4.78, 5) is 12.8. The molecule has 1 amide bonds. The van der Waals surface area contributed by atoms with Gasteiger partial charge in [0.1, 0.15) is 11.6 Å². The first-order valence-electron chi connectivity index (χ1n) is 11.0. The van der Waals surface area contributed by atoms with Crippen molar-refractivity contribution < 1.29 is 13.2 Å². The number of carbonyl (C=O) groups excluding carboxylic acids is 1. The van der Waals surface area contributed by atoms with Crippen LogP contribution in [-0.4, -0.2) is 29.9 Å². The number of benzene rings is 3. The smallest absolute Gasteiger partial charge is 0.240 e. The van der Waals surface area contributed by atoms with Gasteiger partial charge in [-0.3, -0.25) is 4.79 Å². The minimum atomic E-state index is -3.72. The van der Waals surface area contributed by atoms with Crippen molar-refractivity contribution in [3.05, 3.63) is 107 Å². The van der Waals surface area contributed by atoms with E-state index in [4.69, 9.17) is 10.4 Å². The maximum absolute atomic E-state index is 12.8. The predicted octanol–water partition coefficient (Wildman–Crippen LogP) is 4.33. The third kappa shape index (κ3) is 6.22. The number of nitrogens with one attached hydrogen (secondary N) is 1. The number of aromatic nitrogens is 2. The molecule has 0 saturated heterocycles. The Balaban J connectivity index is 1.55. The molecule has 0 aliphatic heterocycles. The van der Waals surface area contributed by atoms with Crippen LogP contribution < -0.4 is 5.32 Å². The number of rotatable bonds is 8. The quantitative estimate of drug-likeness (QED) is 0.401. The number of hydrogen-bond acceptors (Lipinski definition) is 5. The van der Waals surface area contributed by atoms with Crippen molar-refractivity contribution in [2.24, 2.45) is 0 Å². The van der Waals surface area contributed by atoms with Crippen molar-refractivity contribution in [3.8, 4) is 17.3 Å². The molecule has 0 unspecified atom stereocenters. The Hall–Kier alpha value is -4.22. The van der Waals surface area contributed by atoms with Gasteiger partial charge in [0.05, 0.1) is 29.6 Å². The van der Waals surface area contributed by atoms with Gasteiger partial charge in [0.15, 0.2) is 9.84 Å². The van der Waals surface area contributed by atoms with Crippen LogP contribution in [0.3, 0.4) is 0 Å². The highest BCUT2D eigenvalue weighted by atomic mass is 32.2. The molecular weight excluding hydrogens is 460 g/mol. The van der Waals surface area contributed by atoms with E-state index in [1.54, 1.807) is 35.0 Å². The van der Waals surface area contributed by atoms with E-state index in [-0.39, 0.29) is 5.75 Å². The van der Waals surface area contributed by atoms with Crippen LogP contribution in [0.2, 0.25) is 0 Å². The molecule has 4 aromatic rings. The Morgan fingerprint density at radius 1 is 0.971 bits per heavy atom. The van der Waals surface area contributed by atoms with Crippen LogP contribution >= 0.6 is 0 Å². The minimum absolute atomic E-state index is 0.288. The summed E-state index contributed by atoms with van der Waals surface area (Å²) in [5, 5.41) is 16.3. The van der Waals surface area contributed by atoms with Crippen molar-refractivity contribution in [2.75, 3.05) is 11.1 Å². The lowest BCUT2D eigenvalue weighted by atomic mass is 10.1. The first-order valence-corrected chi connectivity index (χ1v) is 12.8. The van der Waals surface area contributed by atoms with Crippen LogP contribution in [0.1, 0.15) is 22.3 Å². The molecule has 8 heteroatoms. The van der Waals surface area contributed by atoms with E-state index in [2.05, 4.69) is 5.32 Å². The average molecular weight is 485 g/mol. The molecule has 0 aliphatic carbocycles. The number of hydrogen-bond donors (Lipinski definition) is 1. The van der Waals surface area contributed by atoms with E-state index >= 15 is 0 Å². The second-order valence-electron chi connectivity index (χ2n) is 8.26. The Morgan fingerprint density at radius 3 is 2.34 bits per heavy atom. The number of sulfone groups is 1. The lowest BCUT2D eigenvalue weighted by Gasteiger charge is -2.10. The first-order chi connectivity index (χ1) is 16.8. The summed E-state index contributed by atoms with van der Waals surface area (Å²) in [6.45, 7) is 2.40. The molecule has 35 heavy (non-hydrogen) atoms. The zero-order valence-corrected chi connectivity index (χ0v) is 20.0. The fourth-order valence-corrected chi connectivity index (χ4v) is 5.02. The molecule has 1 heterocycles. The molecule has 0 atom stereocenters. The molecule has 0 fully saturated rings. The number of nitrogens with zero attached hydrogens (tertiary/aromatic N) is 3. The predicted molar refractivity (Wildman–Crippen MR) is 135 cm³/mol. The van der Waals surface area contributed by atoms with Gasteiger partial charge >= 0.3 is 0 Å². The largest absolute Gasteiger partial charge is 0.310 e. The van der Waals surface area contributed by atoms with E-state index < -0.39 is 21.5 Å². The van der Waals surface area contributed by atoms with Gasteiger partial charge in [0.25, 0.3) is 0 Å². The van der Waals surface area contributed by atoms with Gasteiger partial charge in [-0.15, -0.1) is 0 Å². The third-order valence-electron chi connectivity index (χ3n) is 5.46. The van der Waals surface area contributed by atoms with Gasteiger partial charge in [-0.2, -0.15) is 10.4 Å². The molecule has 0 radical (unpaired) electrons. The minimum Gasteiger partial charge on any atom is -0.310 e. The first kappa shape index (κ1) is 23.9. The molecular formula is C27H24N4O3S. The highest BCUT2D eigenvalue weighted by Gasteiger charge is 2.20. The van der Waals surface area contributed by atoms with Crippen molar-refractivity contribution in [1.29, 1.82) is 5.26 Å². The molecule has 4 rings (SSSR count). The van der Waals surface area contributed by atoms with Crippen LogP contribution in [0.15, 0.2) is 84.9 Å². The zero-order chi connectivity index (χ0) is 24.8. The second-order valence-corrected chi connectivity index (χ2v) is 10.3. The number of aryl methyl sites for hydroxylation is 1. The van der Waals surface area contributed by atoms with Crippen LogP contribution in [0, 0.1) is 18.3 Å². The summed E-state index contributed by atoms with van der Waals surface area (Å²) >= 11 is 0. The zero-order valence-electron chi connectivity index (χ0n) is 19.2. The molecule has 176 valence electrons. The Kier molecular flexibility index (Phi) is 7.09. The standard InChI is InChI=1S/C27H24N4O3S/c1-20-7-5-6-10-24(20)25-15-26(31(30-25)17-22-8-3-2-4-9-22)29-27(32)19-35(33,34)18-23-13-11-21(16-28)12-14-23/h2-15H,17-19H2,1H3,(H,29,32). The molecule has 0 spiro atoms. The highest BCUT2D eigenvalue weighted by molar-refractivity contribution is 7.91. The van der Waals surface area contributed by atoms with Crippen LogP contribution in [0.5, 0.6) is 0 Å². The SMILES string of the molecule is Cc1ccccc1-c1cc(NC(=O)CS(=O)(=O)Cc2ccc(C#N)cc2)n(Cc2ccccc2)n1. The van der Waals surface area contributed by atoms with E-state index in [1.165, 1.54) is 0 Å². The van der Waals surface area contributed by atoms with E-state index in [0.29, 0.717) is 29.2 Å². The topological polar surface area (TPSA) is 105 Å². The fourth-order valence-electron chi connectivity index (χ4n) is 3.75. The van der Waals surface area contributed by atoms with Crippen molar-refractivity contribution in [1.82, 2.24) is 9.78 Å². The maximum atomic E-state index is 12.8. The van der Waals surface area contributed by atoms with Crippen molar-refractivity contribution in [2.45, 2.75) is 19.2 Å². The van der Waals surface area contributed by atoms with Crippen molar-refractivity contribution >= 4 is 21.6 Å². The molecule has 7 nitrogen and oxygen atoms in total. The summed E-state index contributed by atoms with van der Waals surface area (Å²) in [5.74, 6) is -1.16. The highest BCUT2D eigenvalue weighted by Crippen LogP contribution is 2.25. The summed E-state index contributed by atoms with van der Waals surface area (Å²) in [7, 11) is -3.72. The second kappa shape index (κ2) is 10.4. The third-order valence-corrected chi connectivity index (χ3v) is 6.94. The monoisotopic (exact) mass is 484 g/mol. The molecule has 1 N–H and O–H groups in total. The summed E-state index contributed by atoms with van der Waals surface area (Å²) in [6.07, 6.45) is 0. The van der Waals surface area contributed by atoms with Gasteiger partial charge in [-0.05, 0) is 35.7 Å². The van der Waals surface area contributed by atoms with E-state index in [1.807, 2.05) is 67.6 Å². The van der Waals surface area contributed by atoms with Crippen LogP contribution in [-0.2, 0) is 26.9 Å². The summed E-state index contributed by atoms with van der Waals surface area (Å²) < 4.78 is 27.0. The Bertz CT molecular complexity index is 1490. The Morgan fingerprint density at radius 2 is 1.66 bits per heavy atom. The molecule has 3 aromatic carbocycles. The van der Waals surface area contributed by atoms with E-state index in [9.17, 15) is 13.2 Å². The average Bonchev–Trinajstić information content (AvgIpc) is 3.21. The van der Waals surface area contributed by atoms with Crippen LogP contribution in [0.4, 0.5) is 5.82 Å². The lowest BCUT2D eigenvalue weighted by Crippen LogP contribution is -2.25. The van der Waals surface area contributed by atoms with Crippen LogP contribution in [0.25, 0.3) is 11.3 Å². The number of nitriles is 1. The molecule has 0 saturated carbocycles. The Labute approximate surface area is 204 Å². The molecule has 1 aromatic heterocycles. The molecule has 0 aliphatic rings. The van der Waals surface area contributed by atoms with Gasteiger partial charge in [-0.25, -0.2) is 13.1 Å². The number of carbonyl (C=O) groups is 1. The van der Waals surface area contributed by atoms with Gasteiger partial charge < -0.3 is 5.32 Å². The van der Waals surface area contributed by atoms with Gasteiger partial charge in [0, 0.05) is 11.6 Å². The normalized spacial score (nSPS) is 11.1. The van der Waals surface area contributed by atoms with Gasteiger partial charge in [0.2, 0.25) is 5.91 Å². The molecule has 0 bridgehead atoms. The fraction of sp³-hybridized carbons (Fsp3) is 0.148. The number of anilines is 1. The summed E-state index contributed by atoms with van der Waals surface area (Å²) in [5.41, 5.74) is 4.63. The van der Waals surface area contributed by atoms with Crippen molar-refractivity contribution in [3.63, 3.8) is 0 Å². The lowest BCUT2D eigenvalue weighted by molar-refractivity contribution is -0.113.